The molecular formula is C22H30O2. The summed E-state index contributed by atoms with van der Waals surface area (Å²) in [5, 5.41) is 0. The van der Waals surface area contributed by atoms with Crippen molar-refractivity contribution >= 4 is 11.9 Å². The van der Waals surface area contributed by atoms with Crippen molar-refractivity contribution < 1.29 is 9.53 Å². The maximum absolute atomic E-state index is 11.5. The second-order valence-corrected chi connectivity index (χ2v) is 7.45. The number of ether oxygens (including phenoxy) is 1. The van der Waals surface area contributed by atoms with Gasteiger partial charge in [0, 0.05) is 0 Å². The van der Waals surface area contributed by atoms with Crippen LogP contribution < -0.4 is 0 Å². The first-order chi connectivity index (χ1) is 11.7. The summed E-state index contributed by atoms with van der Waals surface area (Å²) >= 11 is 0. The van der Waals surface area contributed by atoms with Crippen molar-refractivity contribution in [2.75, 3.05) is 6.61 Å². The molecule has 1 aliphatic heterocycles. The normalized spacial score (nSPS) is 30.0. The quantitative estimate of drug-likeness (QED) is 0.746. The molecule has 130 valence electrons. The van der Waals surface area contributed by atoms with Gasteiger partial charge in [-0.2, -0.15) is 0 Å². The van der Waals surface area contributed by atoms with Crippen LogP contribution in [0.15, 0.2) is 30.3 Å². The third-order valence-electron chi connectivity index (χ3n) is 5.76. The first-order valence-corrected chi connectivity index (χ1v) is 9.60. The molecule has 1 fully saturated rings. The fraction of sp³-hybridized carbons (Fsp3) is 0.591. The number of aryl methyl sites for hydroxylation is 1. The number of carbonyl (C=O) groups excluding carboxylic acids is 1. The number of ketones is 1. The van der Waals surface area contributed by atoms with E-state index in [2.05, 4.69) is 36.4 Å². The van der Waals surface area contributed by atoms with Crippen LogP contribution >= 0.6 is 0 Å². The van der Waals surface area contributed by atoms with E-state index >= 15 is 0 Å². The molecule has 3 rings (SSSR count). The van der Waals surface area contributed by atoms with E-state index in [1.807, 2.05) is 0 Å². The van der Waals surface area contributed by atoms with Gasteiger partial charge in [-0.3, -0.25) is 4.79 Å². The smallest absolute Gasteiger partial charge is 0.158 e. The fourth-order valence-corrected chi connectivity index (χ4v) is 4.22. The van der Waals surface area contributed by atoms with E-state index in [1.165, 1.54) is 43.2 Å². The predicted octanol–water partition coefficient (Wildman–Crippen LogP) is 5.21. The number of rotatable bonds is 2. The molecule has 0 aromatic heterocycles. The largest absolute Gasteiger partial charge is 0.370 e. The van der Waals surface area contributed by atoms with Gasteiger partial charge in [0.25, 0.3) is 0 Å². The monoisotopic (exact) mass is 326 g/mol. The molecule has 1 aromatic carbocycles. The fourth-order valence-electron chi connectivity index (χ4n) is 4.22. The lowest BCUT2D eigenvalue weighted by atomic mass is 9.79. The standard InChI is InChI=1S/C22H30O2/c1-17(23)22-15-14-21(16-24-22)20-9-5-3-2-4-8-18-10-6-7-11-19(18)12-13-20/h4,6-8,10-11,20-22H,2-3,5,9,12-16H2,1H3/b8-4-. The van der Waals surface area contributed by atoms with Crippen molar-refractivity contribution in [1.82, 2.24) is 0 Å². The molecule has 0 amide bonds. The minimum absolute atomic E-state index is 0.145. The lowest BCUT2D eigenvalue weighted by Gasteiger charge is -2.33. The first-order valence-electron chi connectivity index (χ1n) is 9.60. The van der Waals surface area contributed by atoms with Crippen molar-refractivity contribution in [1.29, 1.82) is 0 Å². The summed E-state index contributed by atoms with van der Waals surface area (Å²) in [7, 11) is 0. The maximum Gasteiger partial charge on any atom is 0.158 e. The average molecular weight is 326 g/mol. The summed E-state index contributed by atoms with van der Waals surface area (Å²) in [6.45, 7) is 2.43. The Balaban J connectivity index is 1.66. The van der Waals surface area contributed by atoms with Crippen LogP contribution in [0.4, 0.5) is 0 Å². The summed E-state index contributed by atoms with van der Waals surface area (Å²) in [4.78, 5) is 11.5. The summed E-state index contributed by atoms with van der Waals surface area (Å²) in [5.41, 5.74) is 2.86. The second-order valence-electron chi connectivity index (χ2n) is 7.45. The van der Waals surface area contributed by atoms with Gasteiger partial charge in [-0.05, 0) is 68.4 Å². The molecule has 0 radical (unpaired) electrons. The summed E-state index contributed by atoms with van der Waals surface area (Å²) in [5.74, 6) is 1.54. The van der Waals surface area contributed by atoms with E-state index < -0.39 is 0 Å². The Morgan fingerprint density at radius 2 is 1.92 bits per heavy atom. The highest BCUT2D eigenvalue weighted by Gasteiger charge is 2.29. The number of hydrogen-bond donors (Lipinski definition) is 0. The molecule has 2 heteroatoms. The molecule has 1 heterocycles. The number of allylic oxidation sites excluding steroid dienone is 1. The molecule has 3 atom stereocenters. The zero-order chi connectivity index (χ0) is 16.8. The molecule has 2 nitrogen and oxygen atoms in total. The maximum atomic E-state index is 11.5. The van der Waals surface area contributed by atoms with Crippen molar-refractivity contribution in [3.63, 3.8) is 0 Å². The first kappa shape index (κ1) is 17.4. The number of Topliss-reactive ketones (excluding diaryl/α,β-unsaturated/α-hetero) is 1. The minimum Gasteiger partial charge on any atom is -0.370 e. The Morgan fingerprint density at radius 3 is 2.71 bits per heavy atom. The molecule has 3 unspecified atom stereocenters. The average Bonchev–Trinajstić information content (AvgIpc) is 2.65. The van der Waals surface area contributed by atoms with Crippen LogP contribution in [0, 0.1) is 11.8 Å². The van der Waals surface area contributed by atoms with E-state index in [-0.39, 0.29) is 11.9 Å². The third-order valence-corrected chi connectivity index (χ3v) is 5.76. The summed E-state index contributed by atoms with van der Waals surface area (Å²) in [6, 6.07) is 8.80. The molecule has 2 aliphatic rings. The number of carbonyl (C=O) groups is 1. The van der Waals surface area contributed by atoms with Gasteiger partial charge in [-0.15, -0.1) is 0 Å². The Labute approximate surface area is 146 Å². The van der Waals surface area contributed by atoms with E-state index in [0.717, 1.165) is 31.8 Å². The van der Waals surface area contributed by atoms with Crippen molar-refractivity contribution in [3.8, 4) is 0 Å². The number of hydrogen-bond acceptors (Lipinski definition) is 2. The Bertz CT molecular complexity index is 567. The molecule has 0 N–H and O–H groups in total. The molecule has 1 aliphatic carbocycles. The van der Waals surface area contributed by atoms with E-state index in [9.17, 15) is 4.79 Å². The van der Waals surface area contributed by atoms with Crippen LogP contribution in [0.3, 0.4) is 0 Å². The van der Waals surface area contributed by atoms with Gasteiger partial charge >= 0.3 is 0 Å². The predicted molar refractivity (Wildman–Crippen MR) is 98.9 cm³/mol. The lowest BCUT2D eigenvalue weighted by molar-refractivity contribution is -0.134. The van der Waals surface area contributed by atoms with Gasteiger partial charge in [0.15, 0.2) is 5.78 Å². The second kappa shape index (κ2) is 8.62. The van der Waals surface area contributed by atoms with Crippen LogP contribution in [0.5, 0.6) is 0 Å². The van der Waals surface area contributed by atoms with Gasteiger partial charge in [-0.25, -0.2) is 0 Å². The Morgan fingerprint density at radius 1 is 1.04 bits per heavy atom. The molecule has 24 heavy (non-hydrogen) atoms. The van der Waals surface area contributed by atoms with Crippen LogP contribution in [-0.2, 0) is 16.0 Å². The highest BCUT2D eigenvalue weighted by Crippen LogP contribution is 2.33. The Kier molecular flexibility index (Phi) is 6.25. The Hall–Kier alpha value is -1.41. The third kappa shape index (κ3) is 4.57. The molecule has 0 saturated carbocycles. The van der Waals surface area contributed by atoms with Crippen molar-refractivity contribution in [3.05, 3.63) is 41.5 Å². The van der Waals surface area contributed by atoms with E-state index in [0.29, 0.717) is 5.92 Å². The summed E-state index contributed by atoms with van der Waals surface area (Å²) < 4.78 is 5.87. The zero-order valence-corrected chi connectivity index (χ0v) is 14.9. The highest BCUT2D eigenvalue weighted by atomic mass is 16.5. The molecule has 0 spiro atoms. The zero-order valence-electron chi connectivity index (χ0n) is 14.9. The van der Waals surface area contributed by atoms with Crippen LogP contribution in [0.25, 0.3) is 6.08 Å². The van der Waals surface area contributed by atoms with Crippen LogP contribution in [-0.4, -0.2) is 18.5 Å². The minimum atomic E-state index is -0.145. The van der Waals surface area contributed by atoms with Gasteiger partial charge < -0.3 is 4.74 Å². The van der Waals surface area contributed by atoms with Gasteiger partial charge in [0.2, 0.25) is 0 Å². The topological polar surface area (TPSA) is 26.3 Å². The molecule has 0 bridgehead atoms. The molecular weight excluding hydrogens is 296 g/mol. The lowest BCUT2D eigenvalue weighted by Crippen LogP contribution is -2.34. The number of fused-ring (bicyclic) bond motifs is 1. The summed E-state index contributed by atoms with van der Waals surface area (Å²) in [6.07, 6.45) is 14.0. The van der Waals surface area contributed by atoms with Gasteiger partial charge in [0.05, 0.1) is 6.61 Å². The van der Waals surface area contributed by atoms with Gasteiger partial charge in [-0.1, -0.05) is 49.3 Å². The van der Waals surface area contributed by atoms with Crippen molar-refractivity contribution in [2.24, 2.45) is 11.8 Å². The van der Waals surface area contributed by atoms with Crippen LogP contribution in [0.1, 0.15) is 63.0 Å². The van der Waals surface area contributed by atoms with Gasteiger partial charge in [0.1, 0.15) is 6.10 Å². The molecule has 1 aromatic rings. The van der Waals surface area contributed by atoms with Crippen LogP contribution in [0.2, 0.25) is 0 Å². The number of benzene rings is 1. The molecule has 1 saturated heterocycles. The van der Waals surface area contributed by atoms with E-state index in [4.69, 9.17) is 4.74 Å². The highest BCUT2D eigenvalue weighted by molar-refractivity contribution is 5.80. The SMILES string of the molecule is CC(=O)C1CCC(C2CCCC/C=C\c3ccccc3CC2)CO1. The van der Waals surface area contributed by atoms with Crippen molar-refractivity contribution in [2.45, 2.75) is 64.4 Å². The van der Waals surface area contributed by atoms with E-state index in [1.54, 1.807) is 6.92 Å².